The Kier molecular flexibility index (Phi) is 7.51. The molecule has 194 valence electrons. The highest BCUT2D eigenvalue weighted by atomic mass is 19.4. The Morgan fingerprint density at radius 3 is 2.11 bits per heavy atom. The summed E-state index contributed by atoms with van der Waals surface area (Å²) in [7, 11) is 0. The van der Waals surface area contributed by atoms with Gasteiger partial charge >= 0.3 is 18.2 Å². The van der Waals surface area contributed by atoms with E-state index >= 15 is 0 Å². The highest BCUT2D eigenvalue weighted by Gasteiger charge is 2.34. The fraction of sp³-hybridized carbons (Fsp3) is 0.259. The summed E-state index contributed by atoms with van der Waals surface area (Å²) in [6, 6.07) is 17.4. The molecule has 7 nitrogen and oxygen atoms in total. The molecule has 37 heavy (non-hydrogen) atoms. The van der Waals surface area contributed by atoms with Crippen molar-refractivity contribution in [2.45, 2.75) is 30.7 Å². The van der Waals surface area contributed by atoms with Crippen molar-refractivity contribution < 1.29 is 42.8 Å². The third kappa shape index (κ3) is 5.60. The molecule has 0 heterocycles. The van der Waals surface area contributed by atoms with Crippen LogP contribution in [0, 0.1) is 0 Å². The van der Waals surface area contributed by atoms with Gasteiger partial charge in [0.05, 0.1) is 17.2 Å². The molecule has 10 heteroatoms. The normalized spacial score (nSPS) is 14.4. The monoisotopic (exact) mass is 515 g/mol. The maximum Gasteiger partial charge on any atom is 0.416 e. The van der Waals surface area contributed by atoms with E-state index in [1.807, 2.05) is 48.5 Å². The number of carboxylic acid groups (broad SMARTS) is 1. The van der Waals surface area contributed by atoms with Crippen LogP contribution in [0.5, 0.6) is 0 Å². The van der Waals surface area contributed by atoms with Crippen LogP contribution in [0.1, 0.15) is 51.1 Å². The van der Waals surface area contributed by atoms with Crippen LogP contribution in [0.25, 0.3) is 11.1 Å². The smallest absolute Gasteiger partial charge is 0.416 e. The predicted octanol–water partition coefficient (Wildman–Crippen LogP) is 4.73. The Hall–Kier alpha value is -3.89. The number of rotatable bonds is 8. The number of nitrogens with one attached hydrogen (secondary N) is 1. The molecule has 0 spiro atoms. The zero-order valence-corrected chi connectivity index (χ0v) is 19.4. The maximum atomic E-state index is 13.1. The van der Waals surface area contributed by atoms with Crippen molar-refractivity contribution in [3.63, 3.8) is 0 Å². The number of benzene rings is 3. The molecule has 0 bridgehead atoms. The Balaban J connectivity index is 1.34. The number of halogens is 3. The number of carbonyl (C=O) groups excluding carboxylic acids is 1. The van der Waals surface area contributed by atoms with Crippen molar-refractivity contribution in [2.75, 3.05) is 13.2 Å². The number of aliphatic hydroxyl groups is 2. The number of fused-ring (bicyclic) bond motifs is 3. The number of alkyl carbamates (subject to hydrolysis) is 1. The quantitative estimate of drug-likeness (QED) is 0.345. The topological polar surface area (TPSA) is 116 Å². The van der Waals surface area contributed by atoms with Gasteiger partial charge in [0.25, 0.3) is 0 Å². The molecule has 1 aliphatic carbocycles. The van der Waals surface area contributed by atoms with Crippen molar-refractivity contribution in [3.8, 4) is 11.1 Å². The van der Waals surface area contributed by atoms with E-state index in [1.54, 1.807) is 0 Å². The van der Waals surface area contributed by atoms with Gasteiger partial charge in [-0.2, -0.15) is 13.2 Å². The number of amides is 1. The third-order valence-corrected chi connectivity index (χ3v) is 6.35. The summed E-state index contributed by atoms with van der Waals surface area (Å²) in [5, 5.41) is 32.4. The lowest BCUT2D eigenvalue weighted by molar-refractivity contribution is -0.137. The van der Waals surface area contributed by atoms with Crippen molar-refractivity contribution >= 4 is 12.1 Å². The van der Waals surface area contributed by atoms with Gasteiger partial charge in [-0.3, -0.25) is 0 Å². The van der Waals surface area contributed by atoms with Gasteiger partial charge in [0.15, 0.2) is 0 Å². The van der Waals surface area contributed by atoms with E-state index in [4.69, 9.17) is 4.74 Å². The molecule has 1 aliphatic rings. The average molecular weight is 515 g/mol. The van der Waals surface area contributed by atoms with Gasteiger partial charge < -0.3 is 25.4 Å². The van der Waals surface area contributed by atoms with Crippen LogP contribution in [-0.2, 0) is 10.9 Å². The third-order valence-electron chi connectivity index (χ3n) is 6.35. The Morgan fingerprint density at radius 2 is 1.54 bits per heavy atom. The van der Waals surface area contributed by atoms with Crippen LogP contribution in [0.2, 0.25) is 0 Å². The van der Waals surface area contributed by atoms with Crippen molar-refractivity contribution in [1.82, 2.24) is 5.32 Å². The van der Waals surface area contributed by atoms with E-state index < -0.39 is 47.1 Å². The van der Waals surface area contributed by atoms with Gasteiger partial charge in [-0.05, 0) is 52.4 Å². The number of aromatic carboxylic acids is 1. The zero-order valence-electron chi connectivity index (χ0n) is 19.4. The lowest BCUT2D eigenvalue weighted by atomic mass is 9.95. The summed E-state index contributed by atoms with van der Waals surface area (Å²) in [5.74, 6) is -1.70. The van der Waals surface area contributed by atoms with E-state index in [0.29, 0.717) is 12.1 Å². The fourth-order valence-corrected chi connectivity index (χ4v) is 4.52. The zero-order chi connectivity index (χ0) is 26.7. The van der Waals surface area contributed by atoms with Crippen LogP contribution in [0.3, 0.4) is 0 Å². The van der Waals surface area contributed by atoms with Gasteiger partial charge in [-0.15, -0.1) is 0 Å². The summed E-state index contributed by atoms with van der Waals surface area (Å²) in [5.41, 5.74) is 1.91. The molecule has 3 aromatic rings. The van der Waals surface area contributed by atoms with Gasteiger partial charge in [0, 0.05) is 12.5 Å². The summed E-state index contributed by atoms with van der Waals surface area (Å²) in [6.07, 6.45) is -9.36. The number of hydrogen-bond acceptors (Lipinski definition) is 5. The minimum Gasteiger partial charge on any atom is -0.478 e. The Bertz CT molecular complexity index is 1260. The van der Waals surface area contributed by atoms with Crippen LogP contribution in [0.4, 0.5) is 18.0 Å². The molecule has 0 saturated carbocycles. The first-order valence-corrected chi connectivity index (χ1v) is 11.5. The molecule has 2 atom stereocenters. The van der Waals surface area contributed by atoms with Crippen LogP contribution >= 0.6 is 0 Å². The molecule has 3 aromatic carbocycles. The minimum absolute atomic E-state index is 0.0667. The highest BCUT2D eigenvalue weighted by Crippen LogP contribution is 2.44. The molecular weight excluding hydrogens is 491 g/mol. The van der Waals surface area contributed by atoms with Crippen molar-refractivity contribution in [3.05, 3.63) is 94.5 Å². The molecule has 4 N–H and O–H groups in total. The van der Waals surface area contributed by atoms with Gasteiger partial charge in [0.1, 0.15) is 12.7 Å². The van der Waals surface area contributed by atoms with E-state index in [0.717, 1.165) is 28.3 Å². The molecule has 0 saturated heterocycles. The first-order chi connectivity index (χ1) is 17.6. The lowest BCUT2D eigenvalue weighted by Crippen LogP contribution is -2.31. The molecule has 2 unspecified atom stereocenters. The second-order valence-corrected chi connectivity index (χ2v) is 8.66. The predicted molar refractivity (Wildman–Crippen MR) is 127 cm³/mol. The molecule has 0 aliphatic heterocycles. The fourth-order valence-electron chi connectivity index (χ4n) is 4.52. The number of hydrogen-bond donors (Lipinski definition) is 4. The SMILES string of the molecule is O=C(NCCC(O)C(O)c1cc(C(F)(F)F)ccc1C(=O)O)OCC1c2ccccc2-c2ccccc21. The first-order valence-electron chi connectivity index (χ1n) is 11.5. The van der Waals surface area contributed by atoms with Crippen LogP contribution in [0.15, 0.2) is 66.7 Å². The van der Waals surface area contributed by atoms with Gasteiger partial charge in [-0.1, -0.05) is 48.5 Å². The molecule has 1 amide bonds. The first kappa shape index (κ1) is 26.2. The number of carboxylic acids is 1. The molecule has 0 radical (unpaired) electrons. The van der Waals surface area contributed by atoms with E-state index in [1.165, 1.54) is 0 Å². The van der Waals surface area contributed by atoms with Crippen LogP contribution < -0.4 is 5.32 Å². The largest absolute Gasteiger partial charge is 0.478 e. The van der Waals surface area contributed by atoms with Gasteiger partial charge in [-0.25, -0.2) is 9.59 Å². The van der Waals surface area contributed by atoms with Crippen LogP contribution in [-0.4, -0.2) is 46.6 Å². The number of ether oxygens (including phenoxy) is 1. The van der Waals surface area contributed by atoms with E-state index in [-0.39, 0.29) is 25.5 Å². The van der Waals surface area contributed by atoms with E-state index in [9.17, 15) is 38.1 Å². The highest BCUT2D eigenvalue weighted by molar-refractivity contribution is 5.89. The second kappa shape index (κ2) is 10.6. The molecule has 0 aromatic heterocycles. The average Bonchev–Trinajstić information content (AvgIpc) is 3.19. The summed E-state index contributed by atoms with van der Waals surface area (Å²) in [4.78, 5) is 23.7. The molecule has 4 rings (SSSR count). The Labute approximate surface area is 210 Å². The van der Waals surface area contributed by atoms with Crippen molar-refractivity contribution in [2.24, 2.45) is 0 Å². The van der Waals surface area contributed by atoms with E-state index in [2.05, 4.69) is 5.32 Å². The lowest BCUT2D eigenvalue weighted by Gasteiger charge is -2.21. The Morgan fingerprint density at radius 1 is 0.946 bits per heavy atom. The second-order valence-electron chi connectivity index (χ2n) is 8.66. The maximum absolute atomic E-state index is 13.1. The number of alkyl halides is 3. The summed E-state index contributed by atoms with van der Waals surface area (Å²) in [6.45, 7) is -0.104. The minimum atomic E-state index is -4.76. The molecule has 0 fully saturated rings. The van der Waals surface area contributed by atoms with Gasteiger partial charge in [0.2, 0.25) is 0 Å². The molecular formula is C27H24F3NO6. The number of aliphatic hydroxyl groups excluding tert-OH is 2. The summed E-state index contributed by atoms with van der Waals surface area (Å²) >= 11 is 0. The number of carbonyl (C=O) groups is 2. The summed E-state index contributed by atoms with van der Waals surface area (Å²) < 4.78 is 44.5. The van der Waals surface area contributed by atoms with Crippen molar-refractivity contribution in [1.29, 1.82) is 0 Å². The standard InChI is InChI=1S/C27H24F3NO6/c28-27(29,30)15-9-10-20(25(34)35)21(13-15)24(33)23(32)11-12-31-26(36)37-14-22-18-7-3-1-5-16(18)17-6-2-4-8-19(17)22/h1-10,13,22-24,32-33H,11-12,14H2,(H,31,36)(H,34,35).